The van der Waals surface area contributed by atoms with Crippen LogP contribution in [0.2, 0.25) is 5.02 Å². The van der Waals surface area contributed by atoms with E-state index in [1.807, 2.05) is 0 Å². The van der Waals surface area contributed by atoms with Gasteiger partial charge in [0.2, 0.25) is 0 Å². The van der Waals surface area contributed by atoms with Crippen molar-refractivity contribution in [2.45, 2.75) is 20.8 Å². The first-order valence-electron chi connectivity index (χ1n) is 8.02. The number of carbonyl (C=O) groups is 3. The van der Waals surface area contributed by atoms with Crippen molar-refractivity contribution in [1.29, 1.82) is 0 Å². The second-order valence-corrected chi connectivity index (χ2v) is 5.71. The highest BCUT2D eigenvalue weighted by Gasteiger charge is 2.29. The van der Waals surface area contributed by atoms with Gasteiger partial charge in [-0.2, -0.15) is 0 Å². The average Bonchev–Trinajstić information content (AvgIpc) is 2.95. The minimum atomic E-state index is -0.696. The molecule has 1 amide bonds. The minimum Gasteiger partial charge on any atom is -0.462 e. The van der Waals surface area contributed by atoms with Crippen LogP contribution in [0.4, 0.5) is 5.69 Å². The number of aromatic nitrogens is 1. The van der Waals surface area contributed by atoms with Crippen molar-refractivity contribution >= 4 is 35.1 Å². The van der Waals surface area contributed by atoms with Gasteiger partial charge in [0.1, 0.15) is 11.4 Å². The Balaban J connectivity index is 2.42. The number of halogens is 1. The molecule has 1 aromatic carbocycles. The van der Waals surface area contributed by atoms with Crippen LogP contribution in [-0.2, 0) is 9.47 Å². The summed E-state index contributed by atoms with van der Waals surface area (Å²) in [6, 6.07) is 6.47. The van der Waals surface area contributed by atoms with Crippen LogP contribution in [0.25, 0.3) is 0 Å². The SMILES string of the molecule is CCOC(=O)c1[nH]c(C(=O)Nc2ccc(Cl)cc2)c(C(=O)OCC)c1C. The second kappa shape index (κ2) is 8.53. The maximum Gasteiger partial charge on any atom is 0.355 e. The smallest absolute Gasteiger partial charge is 0.355 e. The van der Waals surface area contributed by atoms with Gasteiger partial charge in [-0.1, -0.05) is 11.6 Å². The molecule has 138 valence electrons. The molecule has 1 aromatic heterocycles. The maximum atomic E-state index is 12.6. The molecule has 0 bridgehead atoms. The van der Waals surface area contributed by atoms with Crippen molar-refractivity contribution in [3.8, 4) is 0 Å². The topological polar surface area (TPSA) is 97.5 Å². The number of amides is 1. The van der Waals surface area contributed by atoms with Crippen LogP contribution in [0.5, 0.6) is 0 Å². The number of hydrogen-bond acceptors (Lipinski definition) is 5. The zero-order valence-corrected chi connectivity index (χ0v) is 15.4. The molecular formula is C18H19ClN2O5. The zero-order valence-electron chi connectivity index (χ0n) is 14.6. The molecule has 2 rings (SSSR count). The number of ether oxygens (including phenoxy) is 2. The molecule has 7 nitrogen and oxygen atoms in total. The van der Waals surface area contributed by atoms with Gasteiger partial charge >= 0.3 is 11.9 Å². The van der Waals surface area contributed by atoms with Crippen LogP contribution >= 0.6 is 11.6 Å². The van der Waals surface area contributed by atoms with E-state index in [-0.39, 0.29) is 30.2 Å². The van der Waals surface area contributed by atoms with E-state index in [1.165, 1.54) is 0 Å². The summed E-state index contributed by atoms with van der Waals surface area (Å²) >= 11 is 5.82. The lowest BCUT2D eigenvalue weighted by molar-refractivity contribution is 0.0517. The average molecular weight is 379 g/mol. The van der Waals surface area contributed by atoms with Crippen LogP contribution in [0, 0.1) is 6.92 Å². The summed E-state index contributed by atoms with van der Waals surface area (Å²) in [5.41, 5.74) is 0.749. The Morgan fingerprint density at radius 2 is 1.58 bits per heavy atom. The Bertz CT molecular complexity index is 827. The van der Waals surface area contributed by atoms with Gasteiger partial charge in [0.05, 0.1) is 18.8 Å². The number of nitrogens with one attached hydrogen (secondary N) is 2. The normalized spacial score (nSPS) is 10.3. The molecular weight excluding hydrogens is 360 g/mol. The van der Waals surface area contributed by atoms with E-state index in [2.05, 4.69) is 10.3 Å². The quantitative estimate of drug-likeness (QED) is 0.749. The Kier molecular flexibility index (Phi) is 6.41. The maximum absolute atomic E-state index is 12.6. The third kappa shape index (κ3) is 4.23. The highest BCUT2D eigenvalue weighted by molar-refractivity contribution is 6.30. The van der Waals surface area contributed by atoms with Gasteiger partial charge in [0.25, 0.3) is 5.91 Å². The number of esters is 2. The van der Waals surface area contributed by atoms with Gasteiger partial charge in [-0.05, 0) is 50.6 Å². The third-order valence-corrected chi connectivity index (χ3v) is 3.79. The molecule has 0 aliphatic rings. The molecule has 0 saturated heterocycles. The molecule has 2 N–H and O–H groups in total. The summed E-state index contributed by atoms with van der Waals surface area (Å²) in [5.74, 6) is -1.94. The van der Waals surface area contributed by atoms with Crippen molar-refractivity contribution in [2.24, 2.45) is 0 Å². The lowest BCUT2D eigenvalue weighted by Gasteiger charge is -2.07. The van der Waals surface area contributed by atoms with Gasteiger partial charge in [0.15, 0.2) is 0 Å². The Morgan fingerprint density at radius 1 is 1.00 bits per heavy atom. The van der Waals surface area contributed by atoms with E-state index in [9.17, 15) is 14.4 Å². The summed E-state index contributed by atoms with van der Waals surface area (Å²) in [4.78, 5) is 39.7. The number of benzene rings is 1. The second-order valence-electron chi connectivity index (χ2n) is 5.28. The summed E-state index contributed by atoms with van der Waals surface area (Å²) in [6.45, 7) is 5.17. The van der Waals surface area contributed by atoms with Crippen molar-refractivity contribution in [1.82, 2.24) is 4.98 Å². The molecule has 2 aromatic rings. The molecule has 8 heteroatoms. The first kappa shape index (κ1) is 19.5. The lowest BCUT2D eigenvalue weighted by atomic mass is 10.1. The van der Waals surface area contributed by atoms with Gasteiger partial charge in [-0.15, -0.1) is 0 Å². The van der Waals surface area contributed by atoms with Crippen LogP contribution in [-0.4, -0.2) is 36.0 Å². The number of H-pyrrole nitrogens is 1. The fourth-order valence-corrected chi connectivity index (χ4v) is 2.48. The molecule has 0 spiro atoms. The standard InChI is InChI=1S/C18H19ClN2O5/c1-4-25-17(23)13-10(3)14(18(24)26-5-2)21-15(13)16(22)20-12-8-6-11(19)7-9-12/h6-9,21H,4-5H2,1-3H3,(H,20,22). The largest absolute Gasteiger partial charge is 0.462 e. The van der Waals surface area contributed by atoms with Crippen molar-refractivity contribution < 1.29 is 23.9 Å². The minimum absolute atomic E-state index is 0.00127. The number of carbonyl (C=O) groups excluding carboxylic acids is 3. The Labute approximate surface area is 155 Å². The van der Waals surface area contributed by atoms with E-state index >= 15 is 0 Å². The molecule has 0 aliphatic heterocycles. The van der Waals surface area contributed by atoms with Gasteiger partial charge < -0.3 is 19.8 Å². The lowest BCUT2D eigenvalue weighted by Crippen LogP contribution is -2.17. The molecule has 0 atom stereocenters. The van der Waals surface area contributed by atoms with E-state index in [1.54, 1.807) is 45.0 Å². The first-order valence-corrected chi connectivity index (χ1v) is 8.40. The summed E-state index contributed by atoms with van der Waals surface area (Å²) in [5, 5.41) is 3.17. The summed E-state index contributed by atoms with van der Waals surface area (Å²) in [7, 11) is 0. The molecule has 0 aliphatic carbocycles. The number of aromatic amines is 1. The van der Waals surface area contributed by atoms with Crippen LogP contribution in [0.15, 0.2) is 24.3 Å². The molecule has 1 heterocycles. The fraction of sp³-hybridized carbons (Fsp3) is 0.278. The number of rotatable bonds is 6. The van der Waals surface area contributed by atoms with Crippen molar-refractivity contribution in [2.75, 3.05) is 18.5 Å². The van der Waals surface area contributed by atoms with E-state index in [4.69, 9.17) is 21.1 Å². The molecule has 0 unspecified atom stereocenters. The summed E-state index contributed by atoms with van der Waals surface area (Å²) < 4.78 is 9.97. The summed E-state index contributed by atoms with van der Waals surface area (Å²) in [6.07, 6.45) is 0. The van der Waals surface area contributed by atoms with Gasteiger partial charge in [-0.3, -0.25) is 4.79 Å². The third-order valence-electron chi connectivity index (χ3n) is 3.54. The van der Waals surface area contributed by atoms with E-state index < -0.39 is 17.8 Å². The number of hydrogen-bond donors (Lipinski definition) is 2. The Morgan fingerprint density at radius 3 is 2.15 bits per heavy atom. The molecule has 0 fully saturated rings. The number of anilines is 1. The predicted molar refractivity (Wildman–Crippen MR) is 96.8 cm³/mol. The fourth-order valence-electron chi connectivity index (χ4n) is 2.36. The van der Waals surface area contributed by atoms with Crippen LogP contribution < -0.4 is 5.32 Å². The monoisotopic (exact) mass is 378 g/mol. The molecule has 26 heavy (non-hydrogen) atoms. The highest BCUT2D eigenvalue weighted by atomic mass is 35.5. The van der Waals surface area contributed by atoms with E-state index in [0.29, 0.717) is 16.3 Å². The first-order chi connectivity index (χ1) is 12.4. The van der Waals surface area contributed by atoms with Gasteiger partial charge in [-0.25, -0.2) is 9.59 Å². The molecule has 0 saturated carbocycles. The molecule has 0 radical (unpaired) electrons. The van der Waals surface area contributed by atoms with Gasteiger partial charge in [0, 0.05) is 10.7 Å². The zero-order chi connectivity index (χ0) is 19.3. The Hall–Kier alpha value is -2.80. The van der Waals surface area contributed by atoms with Crippen molar-refractivity contribution in [3.05, 3.63) is 51.8 Å². The van der Waals surface area contributed by atoms with Crippen LogP contribution in [0.1, 0.15) is 50.7 Å². The highest BCUT2D eigenvalue weighted by Crippen LogP contribution is 2.22. The van der Waals surface area contributed by atoms with Crippen molar-refractivity contribution in [3.63, 3.8) is 0 Å². The van der Waals surface area contributed by atoms with Crippen LogP contribution in [0.3, 0.4) is 0 Å². The predicted octanol–water partition coefficient (Wildman–Crippen LogP) is 3.58. The van der Waals surface area contributed by atoms with E-state index in [0.717, 1.165) is 0 Å².